The lowest BCUT2D eigenvalue weighted by Crippen LogP contribution is -2.57. The number of hydrogen-bond donors (Lipinski definition) is 2. The number of halogens is 6. The minimum Gasteiger partial charge on any atom is -0.384 e. The van der Waals surface area contributed by atoms with E-state index in [0.29, 0.717) is 6.42 Å². The van der Waals surface area contributed by atoms with Gasteiger partial charge >= 0.3 is 12.4 Å². The highest BCUT2D eigenvalue weighted by molar-refractivity contribution is 5.93. The second-order valence-electron chi connectivity index (χ2n) is 7.00. The summed E-state index contributed by atoms with van der Waals surface area (Å²) in [6, 6.07) is 6.23. The lowest BCUT2D eigenvalue weighted by Gasteiger charge is -2.47. The van der Waals surface area contributed by atoms with Crippen LogP contribution in [0.3, 0.4) is 0 Å². The van der Waals surface area contributed by atoms with E-state index in [1.54, 1.807) is 0 Å². The van der Waals surface area contributed by atoms with E-state index in [-0.39, 0.29) is 29.8 Å². The van der Waals surface area contributed by atoms with E-state index in [9.17, 15) is 36.4 Å². The van der Waals surface area contributed by atoms with Crippen molar-refractivity contribution in [3.63, 3.8) is 0 Å². The van der Waals surface area contributed by atoms with Crippen molar-refractivity contribution in [1.29, 1.82) is 5.26 Å². The van der Waals surface area contributed by atoms with Crippen molar-refractivity contribution in [3.05, 3.63) is 52.5 Å². The highest BCUT2D eigenvalue weighted by Gasteiger charge is 2.77. The van der Waals surface area contributed by atoms with Crippen LogP contribution >= 0.6 is 0 Å². The third-order valence-corrected chi connectivity index (χ3v) is 5.41. The van der Waals surface area contributed by atoms with Crippen LogP contribution < -0.4 is 16.4 Å². The van der Waals surface area contributed by atoms with Gasteiger partial charge in [0.1, 0.15) is 11.9 Å². The summed E-state index contributed by atoms with van der Waals surface area (Å²) in [5, 5.41) is 9.40. The van der Waals surface area contributed by atoms with Gasteiger partial charge in [-0.1, -0.05) is 0 Å². The van der Waals surface area contributed by atoms with E-state index in [1.807, 2.05) is 0 Å². The van der Waals surface area contributed by atoms with Gasteiger partial charge in [0.25, 0.3) is 0 Å². The number of hydrogen-bond acceptors (Lipinski definition) is 4. The molecule has 0 spiro atoms. The zero-order valence-corrected chi connectivity index (χ0v) is 15.4. The van der Waals surface area contributed by atoms with Crippen molar-refractivity contribution in [2.75, 3.05) is 4.90 Å². The van der Waals surface area contributed by atoms with Gasteiger partial charge in [0.15, 0.2) is 0 Å². The molecule has 0 saturated heterocycles. The second-order valence-corrected chi connectivity index (χ2v) is 7.00. The molecular formula is C19H16F6N4O. The van der Waals surface area contributed by atoms with Gasteiger partial charge in [-0.2, -0.15) is 31.6 Å². The molecule has 0 fully saturated rings. The van der Waals surface area contributed by atoms with E-state index in [4.69, 9.17) is 11.5 Å². The van der Waals surface area contributed by atoms with Gasteiger partial charge in [0, 0.05) is 16.9 Å². The Morgan fingerprint density at radius 1 is 1.03 bits per heavy atom. The van der Waals surface area contributed by atoms with Crippen molar-refractivity contribution in [2.24, 2.45) is 16.9 Å². The molecule has 5 nitrogen and oxygen atoms in total. The summed E-state index contributed by atoms with van der Waals surface area (Å²) in [5.74, 6) is -1.70. The number of amides is 1. The molecule has 11 heteroatoms. The van der Waals surface area contributed by atoms with Crippen LogP contribution in [0.2, 0.25) is 0 Å². The number of benzene rings is 1. The highest BCUT2D eigenvalue weighted by atomic mass is 19.4. The minimum atomic E-state index is -5.82. The standard InChI is InChI=1S/C19H16F6N4O/c20-18(21,22)17(19(23,24)25)12-3-1-2-4-14(12)29(15(27)13(17)9-26)11-7-5-10(6-8-11)16(28)30/h5-8H,1-4,27H2,(H2,28,30). The van der Waals surface area contributed by atoms with Gasteiger partial charge in [0.2, 0.25) is 11.3 Å². The predicted molar refractivity (Wildman–Crippen MR) is 94.3 cm³/mol. The Hall–Kier alpha value is -3.16. The fourth-order valence-corrected chi connectivity index (χ4v) is 4.14. The number of carbonyl (C=O) groups excluding carboxylic acids is 1. The van der Waals surface area contributed by atoms with Crippen LogP contribution in [0.4, 0.5) is 32.0 Å². The maximum Gasteiger partial charge on any atom is 0.411 e. The Labute approximate surface area is 167 Å². The van der Waals surface area contributed by atoms with Gasteiger partial charge in [-0.05, 0) is 55.5 Å². The molecule has 0 radical (unpaired) electrons. The molecule has 1 aromatic carbocycles. The zero-order valence-electron chi connectivity index (χ0n) is 15.4. The van der Waals surface area contributed by atoms with Gasteiger partial charge in [-0.25, -0.2) is 0 Å². The van der Waals surface area contributed by atoms with E-state index in [0.717, 1.165) is 11.0 Å². The number of nitriles is 1. The fraction of sp³-hybridized carbons (Fsp3) is 0.368. The molecular weight excluding hydrogens is 414 g/mol. The summed E-state index contributed by atoms with van der Waals surface area (Å²) in [7, 11) is 0. The largest absolute Gasteiger partial charge is 0.411 e. The first-order chi connectivity index (χ1) is 13.9. The van der Waals surface area contributed by atoms with Crippen LogP contribution in [-0.4, -0.2) is 18.3 Å². The summed E-state index contributed by atoms with van der Waals surface area (Å²) in [4.78, 5) is 12.3. The molecule has 0 bridgehead atoms. The third-order valence-electron chi connectivity index (χ3n) is 5.41. The number of primary amides is 1. The summed E-state index contributed by atoms with van der Waals surface area (Å²) >= 11 is 0. The summed E-state index contributed by atoms with van der Waals surface area (Å²) in [6.45, 7) is 0. The van der Waals surface area contributed by atoms with Gasteiger partial charge in [0.05, 0.1) is 5.57 Å². The highest BCUT2D eigenvalue weighted by Crippen LogP contribution is 2.64. The predicted octanol–water partition coefficient (Wildman–Crippen LogP) is 4.24. The molecule has 160 valence electrons. The Balaban J connectivity index is 2.35. The SMILES string of the molecule is N#CC1=C(N)N(c2ccc(C(N)=O)cc2)C2=C(CCCC2)C1(C(F)(F)F)C(F)(F)F. The molecule has 0 aromatic heterocycles. The maximum atomic E-state index is 14.1. The molecule has 3 rings (SSSR count). The number of alkyl halides is 6. The van der Waals surface area contributed by atoms with Crippen molar-refractivity contribution in [1.82, 2.24) is 0 Å². The average Bonchev–Trinajstić information content (AvgIpc) is 2.65. The topological polar surface area (TPSA) is 96.1 Å². The maximum absolute atomic E-state index is 14.1. The molecule has 0 atom stereocenters. The number of anilines is 1. The monoisotopic (exact) mass is 430 g/mol. The number of allylic oxidation sites excluding steroid dienone is 3. The van der Waals surface area contributed by atoms with E-state index >= 15 is 0 Å². The smallest absolute Gasteiger partial charge is 0.384 e. The van der Waals surface area contributed by atoms with Crippen molar-refractivity contribution < 1.29 is 31.1 Å². The van der Waals surface area contributed by atoms with Crippen LogP contribution in [-0.2, 0) is 0 Å². The van der Waals surface area contributed by atoms with Crippen molar-refractivity contribution >= 4 is 11.6 Å². The zero-order chi connectivity index (χ0) is 22.5. The van der Waals surface area contributed by atoms with Gasteiger partial charge < -0.3 is 11.5 Å². The first kappa shape index (κ1) is 21.5. The van der Waals surface area contributed by atoms with Crippen LogP contribution in [0, 0.1) is 16.7 Å². The molecule has 1 amide bonds. The number of carbonyl (C=O) groups is 1. The molecule has 1 aliphatic heterocycles. The summed E-state index contributed by atoms with van der Waals surface area (Å²) < 4.78 is 84.5. The Morgan fingerprint density at radius 2 is 1.57 bits per heavy atom. The lowest BCUT2D eigenvalue weighted by atomic mass is 9.66. The Bertz CT molecular complexity index is 968. The number of nitrogens with two attached hydrogens (primary N) is 2. The first-order valence-electron chi connectivity index (χ1n) is 8.84. The van der Waals surface area contributed by atoms with E-state index in [2.05, 4.69) is 0 Å². The fourth-order valence-electron chi connectivity index (χ4n) is 4.14. The first-order valence-corrected chi connectivity index (χ1v) is 8.84. The van der Waals surface area contributed by atoms with Gasteiger partial charge in [-0.15, -0.1) is 0 Å². The molecule has 30 heavy (non-hydrogen) atoms. The lowest BCUT2D eigenvalue weighted by molar-refractivity contribution is -0.311. The third kappa shape index (κ3) is 2.89. The van der Waals surface area contributed by atoms with Gasteiger partial charge in [-0.3, -0.25) is 9.69 Å². The van der Waals surface area contributed by atoms with Crippen LogP contribution in [0.15, 0.2) is 46.9 Å². The average molecular weight is 430 g/mol. The Morgan fingerprint density at radius 3 is 2.03 bits per heavy atom. The van der Waals surface area contributed by atoms with Crippen LogP contribution in [0.5, 0.6) is 0 Å². The molecule has 1 heterocycles. The van der Waals surface area contributed by atoms with Crippen LogP contribution in [0.1, 0.15) is 36.0 Å². The van der Waals surface area contributed by atoms with E-state index in [1.165, 1.54) is 24.3 Å². The van der Waals surface area contributed by atoms with Crippen molar-refractivity contribution in [2.45, 2.75) is 38.0 Å². The quantitative estimate of drug-likeness (QED) is 0.686. The molecule has 0 unspecified atom stereocenters. The molecule has 4 N–H and O–H groups in total. The normalized spacial score (nSPS) is 19.4. The number of nitrogens with zero attached hydrogens (tertiary/aromatic N) is 2. The molecule has 2 aliphatic rings. The molecule has 1 aromatic rings. The van der Waals surface area contributed by atoms with Crippen LogP contribution in [0.25, 0.3) is 0 Å². The molecule has 0 saturated carbocycles. The summed E-state index contributed by atoms with van der Waals surface area (Å²) in [5.41, 5.74) is 3.95. The molecule has 1 aliphatic carbocycles. The number of rotatable bonds is 2. The van der Waals surface area contributed by atoms with E-state index < -0.39 is 47.1 Å². The minimum absolute atomic E-state index is 0.0831. The summed E-state index contributed by atoms with van der Waals surface area (Å²) in [6.07, 6.45) is -11.7. The van der Waals surface area contributed by atoms with Crippen molar-refractivity contribution in [3.8, 4) is 6.07 Å². The second kappa shape index (κ2) is 6.97. The Kier molecular flexibility index (Phi) is 5.00.